The minimum Gasteiger partial charge on any atom is -0.393 e. The van der Waals surface area contributed by atoms with Gasteiger partial charge in [0.15, 0.2) is 12.1 Å². The van der Waals surface area contributed by atoms with Crippen LogP contribution in [-0.4, -0.2) is 62.2 Å². The van der Waals surface area contributed by atoms with Crippen LogP contribution in [0.2, 0.25) is 5.02 Å². The van der Waals surface area contributed by atoms with Crippen molar-refractivity contribution in [3.8, 4) is 0 Å². The SMILES string of the molecule is C=C1C(=O)[C@]23[C@H](O)[C@H]1C[C@H](O)[C@H]2[C@]12CCCC(C)(C)[C@H]1C[C@H]3O[C@@H]2OCCc1cn(Cc2ccccc2Cl)nn1. The molecule has 4 saturated carbocycles. The Hall–Kier alpha value is -2.10. The van der Waals surface area contributed by atoms with E-state index in [9.17, 15) is 15.0 Å². The van der Waals surface area contributed by atoms with Crippen molar-refractivity contribution in [1.82, 2.24) is 15.0 Å². The molecule has 0 unspecified atom stereocenters. The van der Waals surface area contributed by atoms with E-state index in [1.54, 1.807) is 4.68 Å². The second kappa shape index (κ2) is 9.20. The van der Waals surface area contributed by atoms with Crippen LogP contribution in [-0.2, 0) is 27.2 Å². The maximum atomic E-state index is 13.9. The lowest BCUT2D eigenvalue weighted by molar-refractivity contribution is -0.401. The number of aliphatic hydroxyl groups is 2. The van der Waals surface area contributed by atoms with Gasteiger partial charge in [-0.3, -0.25) is 4.79 Å². The topological polar surface area (TPSA) is 107 Å². The number of hydrogen-bond acceptors (Lipinski definition) is 7. The summed E-state index contributed by atoms with van der Waals surface area (Å²) in [5.74, 6) is -0.714. The van der Waals surface area contributed by atoms with Gasteiger partial charge in [0.25, 0.3) is 0 Å². The molecular weight excluding hydrogens is 530 g/mol. The number of Topliss-reactive ketones (excluding diaryl/α,β-unsaturated/α-hetero) is 1. The molecule has 40 heavy (non-hydrogen) atoms. The smallest absolute Gasteiger partial charge is 0.170 e. The third kappa shape index (κ3) is 3.49. The van der Waals surface area contributed by atoms with E-state index in [1.165, 1.54) is 0 Å². The van der Waals surface area contributed by atoms with E-state index < -0.39 is 47.3 Å². The van der Waals surface area contributed by atoms with E-state index in [-0.39, 0.29) is 17.1 Å². The van der Waals surface area contributed by atoms with Gasteiger partial charge in [-0.15, -0.1) is 5.10 Å². The Kier molecular flexibility index (Phi) is 6.16. The molecule has 4 aliphatic carbocycles. The number of fused-ring (bicyclic) bond motifs is 2. The van der Waals surface area contributed by atoms with Gasteiger partial charge in [0, 0.05) is 34.9 Å². The molecule has 2 aromatic rings. The van der Waals surface area contributed by atoms with Gasteiger partial charge < -0.3 is 19.7 Å². The fourth-order valence-corrected chi connectivity index (χ4v) is 9.87. The Morgan fingerprint density at radius 2 is 2.02 bits per heavy atom. The first kappa shape index (κ1) is 26.8. The average molecular weight is 568 g/mol. The largest absolute Gasteiger partial charge is 0.393 e. The van der Waals surface area contributed by atoms with Crippen LogP contribution in [0.3, 0.4) is 0 Å². The highest BCUT2D eigenvalue weighted by Gasteiger charge is 2.81. The minimum absolute atomic E-state index is 0.00505. The Morgan fingerprint density at radius 3 is 2.83 bits per heavy atom. The van der Waals surface area contributed by atoms with Crippen molar-refractivity contribution in [1.29, 1.82) is 0 Å². The summed E-state index contributed by atoms with van der Waals surface area (Å²) in [4.78, 5) is 13.9. The van der Waals surface area contributed by atoms with Gasteiger partial charge >= 0.3 is 0 Å². The summed E-state index contributed by atoms with van der Waals surface area (Å²) in [5.41, 5.74) is 0.535. The van der Waals surface area contributed by atoms with Crippen LogP contribution in [0.25, 0.3) is 0 Å². The molecule has 2 saturated heterocycles. The first-order chi connectivity index (χ1) is 19.1. The second-order valence-electron chi connectivity index (χ2n) is 13.4. The highest BCUT2D eigenvalue weighted by molar-refractivity contribution is 6.31. The van der Waals surface area contributed by atoms with Crippen LogP contribution >= 0.6 is 11.6 Å². The highest BCUT2D eigenvalue weighted by atomic mass is 35.5. The summed E-state index contributed by atoms with van der Waals surface area (Å²) in [6.45, 7) is 9.57. The molecule has 6 fully saturated rings. The molecule has 0 amide bonds. The molecular formula is C31H38ClN3O5. The van der Waals surface area contributed by atoms with Gasteiger partial charge in [-0.05, 0) is 54.2 Å². The number of aliphatic hydroxyl groups excluding tert-OH is 2. The zero-order chi connectivity index (χ0) is 28.0. The third-order valence-corrected chi connectivity index (χ3v) is 11.6. The van der Waals surface area contributed by atoms with Gasteiger partial charge in [0.2, 0.25) is 0 Å². The fourth-order valence-electron chi connectivity index (χ4n) is 9.67. The van der Waals surface area contributed by atoms with Gasteiger partial charge in [-0.2, -0.15) is 0 Å². The van der Waals surface area contributed by atoms with E-state index in [0.717, 1.165) is 30.5 Å². The molecule has 6 aliphatic rings. The Balaban J connectivity index is 1.15. The van der Waals surface area contributed by atoms with E-state index in [2.05, 4.69) is 30.7 Å². The molecule has 2 spiro atoms. The lowest BCUT2D eigenvalue weighted by atomic mass is 9.37. The van der Waals surface area contributed by atoms with Crippen LogP contribution in [0.5, 0.6) is 0 Å². The standard InChI is InChI=1S/C31H38ClN3O5/c1-17-20-13-22(36)25-30-11-6-10-29(2,3)23(30)14-24(31(25,26(17)37)27(20)38)40-28(30)39-12-9-19-16-35(34-33-19)15-18-7-4-5-8-21(18)32/h4-5,7-8,16,20,22-25,27-28,36,38H,1,6,9-15H2,2-3H3/t20-,22-,23+,24+,25-,27+,28-,30-,31+/m0/s1. The third-order valence-electron chi connectivity index (χ3n) is 11.2. The summed E-state index contributed by atoms with van der Waals surface area (Å²) >= 11 is 6.31. The van der Waals surface area contributed by atoms with Crippen LogP contribution in [0, 0.1) is 34.0 Å². The predicted molar refractivity (Wildman–Crippen MR) is 147 cm³/mol. The Morgan fingerprint density at radius 1 is 1.23 bits per heavy atom. The Bertz CT molecular complexity index is 1360. The maximum absolute atomic E-state index is 13.9. The number of carbonyl (C=O) groups excluding carboxylic acids is 1. The summed E-state index contributed by atoms with van der Waals surface area (Å²) in [7, 11) is 0. The predicted octanol–water partition coefficient (Wildman–Crippen LogP) is 3.96. The fraction of sp³-hybridized carbons (Fsp3) is 0.645. The molecule has 0 radical (unpaired) electrons. The molecule has 9 atom stereocenters. The Labute approximate surface area is 239 Å². The summed E-state index contributed by atoms with van der Waals surface area (Å²) < 4.78 is 15.0. The molecule has 9 heteroatoms. The zero-order valence-electron chi connectivity index (χ0n) is 23.1. The number of nitrogens with zero attached hydrogens (tertiary/aromatic N) is 3. The number of aromatic nitrogens is 3. The van der Waals surface area contributed by atoms with E-state index in [0.29, 0.717) is 43.0 Å². The van der Waals surface area contributed by atoms with Gasteiger partial charge in [0.1, 0.15) is 0 Å². The normalized spacial score (nSPS) is 41.2. The van der Waals surface area contributed by atoms with Gasteiger partial charge in [0.05, 0.1) is 42.6 Å². The van der Waals surface area contributed by atoms with E-state index >= 15 is 0 Å². The summed E-state index contributed by atoms with van der Waals surface area (Å²) in [6, 6.07) is 7.69. The zero-order valence-corrected chi connectivity index (χ0v) is 23.9. The number of ether oxygens (including phenoxy) is 2. The number of carbonyl (C=O) groups is 1. The summed E-state index contributed by atoms with van der Waals surface area (Å²) in [5, 5.41) is 32.6. The van der Waals surface area contributed by atoms with Crippen LogP contribution in [0.1, 0.15) is 57.2 Å². The molecule has 214 valence electrons. The number of benzene rings is 1. The van der Waals surface area contributed by atoms with Crippen molar-refractivity contribution in [3.05, 3.63) is 58.9 Å². The molecule has 3 heterocycles. The lowest BCUT2D eigenvalue weighted by Gasteiger charge is -2.72. The highest BCUT2D eigenvalue weighted by Crippen LogP contribution is 2.75. The first-order valence-corrected chi connectivity index (χ1v) is 15.0. The van der Waals surface area contributed by atoms with Crippen molar-refractivity contribution in [2.45, 2.75) is 83.5 Å². The van der Waals surface area contributed by atoms with Crippen LogP contribution in [0.15, 0.2) is 42.6 Å². The van der Waals surface area contributed by atoms with Crippen molar-refractivity contribution in [2.24, 2.45) is 34.0 Å². The number of halogens is 1. The minimum atomic E-state index is -1.13. The molecule has 2 aliphatic heterocycles. The van der Waals surface area contributed by atoms with Crippen LogP contribution in [0.4, 0.5) is 0 Å². The molecule has 2 N–H and O–H groups in total. The van der Waals surface area contributed by atoms with Gasteiger partial charge in [-0.1, -0.05) is 61.9 Å². The molecule has 8 nitrogen and oxygen atoms in total. The molecule has 1 aromatic heterocycles. The quantitative estimate of drug-likeness (QED) is 0.509. The molecule has 1 aromatic carbocycles. The van der Waals surface area contributed by atoms with Crippen LogP contribution < -0.4 is 0 Å². The number of rotatable bonds is 6. The van der Waals surface area contributed by atoms with Crippen molar-refractivity contribution in [2.75, 3.05) is 6.61 Å². The number of ketones is 1. The lowest BCUT2D eigenvalue weighted by Crippen LogP contribution is -2.78. The van der Waals surface area contributed by atoms with Crippen molar-refractivity contribution >= 4 is 17.4 Å². The van der Waals surface area contributed by atoms with Gasteiger partial charge in [-0.25, -0.2) is 4.68 Å². The number of hydrogen-bond donors (Lipinski definition) is 2. The van der Waals surface area contributed by atoms with E-state index in [1.807, 2.05) is 30.5 Å². The monoisotopic (exact) mass is 567 g/mol. The van der Waals surface area contributed by atoms with Crippen molar-refractivity contribution < 1.29 is 24.5 Å². The first-order valence-electron chi connectivity index (χ1n) is 14.6. The molecule has 4 bridgehead atoms. The second-order valence-corrected chi connectivity index (χ2v) is 13.8. The average Bonchev–Trinajstić information content (AvgIpc) is 3.40. The maximum Gasteiger partial charge on any atom is 0.170 e. The summed E-state index contributed by atoms with van der Waals surface area (Å²) in [6.07, 6.45) is 3.69. The van der Waals surface area contributed by atoms with Crippen molar-refractivity contribution in [3.63, 3.8) is 0 Å². The van der Waals surface area contributed by atoms with E-state index in [4.69, 9.17) is 21.1 Å². The molecule has 8 rings (SSSR count).